The lowest BCUT2D eigenvalue weighted by atomic mass is 10.2. The first kappa shape index (κ1) is 13.1. The number of pyridine rings is 1. The van der Waals surface area contributed by atoms with Gasteiger partial charge in [-0.05, 0) is 23.6 Å². The van der Waals surface area contributed by atoms with Crippen molar-refractivity contribution in [3.05, 3.63) is 30.5 Å². The van der Waals surface area contributed by atoms with E-state index in [1.807, 2.05) is 0 Å². The highest BCUT2D eigenvalue weighted by Crippen LogP contribution is 2.26. The molecule has 0 fully saturated rings. The molecule has 0 aliphatic rings. The van der Waals surface area contributed by atoms with Gasteiger partial charge in [0.2, 0.25) is 0 Å². The van der Waals surface area contributed by atoms with Crippen LogP contribution in [0.2, 0.25) is 0 Å². The van der Waals surface area contributed by atoms with E-state index in [-0.39, 0.29) is 16.7 Å². The number of rotatable bonds is 4. The normalized spacial score (nSPS) is 11.7. The second kappa shape index (κ2) is 5.12. The Morgan fingerprint density at radius 3 is 2.78 bits per heavy atom. The average Bonchev–Trinajstić information content (AvgIpc) is 2.37. The number of sulfone groups is 1. The first-order chi connectivity index (χ1) is 8.58. The predicted molar refractivity (Wildman–Crippen MR) is 71.1 cm³/mol. The average molecular weight is 286 g/mol. The molecule has 0 aliphatic heterocycles. The van der Waals surface area contributed by atoms with Crippen LogP contribution >= 0.6 is 11.6 Å². The van der Waals surface area contributed by atoms with Crippen LogP contribution in [0, 0.1) is 0 Å². The molecule has 18 heavy (non-hydrogen) atoms. The molecule has 1 heterocycles. The molecule has 1 aromatic carbocycles. The molecule has 1 aromatic heterocycles. The van der Waals surface area contributed by atoms with Gasteiger partial charge in [0.15, 0.2) is 14.9 Å². The van der Waals surface area contributed by atoms with Crippen LogP contribution < -0.4 is 4.74 Å². The van der Waals surface area contributed by atoms with Crippen molar-refractivity contribution in [3.8, 4) is 5.75 Å². The van der Waals surface area contributed by atoms with Gasteiger partial charge in [-0.15, -0.1) is 11.6 Å². The highest BCUT2D eigenvalue weighted by Gasteiger charge is 2.18. The van der Waals surface area contributed by atoms with Gasteiger partial charge in [0.1, 0.15) is 5.75 Å². The Labute approximate surface area is 110 Å². The van der Waals surface area contributed by atoms with Crippen LogP contribution in [0.1, 0.15) is 0 Å². The number of nitrogens with zero attached hydrogens (tertiary/aromatic N) is 1. The molecule has 0 radical (unpaired) electrons. The van der Waals surface area contributed by atoms with Crippen molar-refractivity contribution in [2.75, 3.05) is 18.7 Å². The van der Waals surface area contributed by atoms with Gasteiger partial charge in [-0.1, -0.05) is 6.07 Å². The van der Waals surface area contributed by atoms with Crippen molar-refractivity contribution in [2.45, 2.75) is 5.03 Å². The Hall–Kier alpha value is -1.33. The Bertz CT molecular complexity index is 670. The summed E-state index contributed by atoms with van der Waals surface area (Å²) in [4.78, 5) is 3.97. The van der Waals surface area contributed by atoms with Crippen LogP contribution in [0.4, 0.5) is 0 Å². The van der Waals surface area contributed by atoms with E-state index in [9.17, 15) is 8.42 Å². The van der Waals surface area contributed by atoms with E-state index >= 15 is 0 Å². The molecule has 96 valence electrons. The molecule has 0 N–H and O–H groups in total. The number of hydrogen-bond donors (Lipinski definition) is 0. The molecule has 2 aromatic rings. The molecule has 0 atom stereocenters. The Kier molecular flexibility index (Phi) is 3.73. The van der Waals surface area contributed by atoms with Crippen molar-refractivity contribution >= 4 is 32.2 Å². The standard InChI is InChI=1S/C12H12ClNO3S/c1-17-10-3-2-9-4-6-14-12(11(9)8-10)18(15,16)7-5-13/h2-4,6,8H,5,7H2,1H3. The topological polar surface area (TPSA) is 56.3 Å². The molecule has 4 nitrogen and oxygen atoms in total. The lowest BCUT2D eigenvalue weighted by molar-refractivity contribution is 0.415. The number of hydrogen-bond acceptors (Lipinski definition) is 4. The van der Waals surface area contributed by atoms with E-state index < -0.39 is 9.84 Å². The quantitative estimate of drug-likeness (QED) is 0.809. The third-order valence-corrected chi connectivity index (χ3v) is 4.65. The second-order valence-electron chi connectivity index (χ2n) is 3.71. The minimum absolute atomic E-state index is 0.0460. The summed E-state index contributed by atoms with van der Waals surface area (Å²) in [5.41, 5.74) is 0. The van der Waals surface area contributed by atoms with Crippen LogP contribution in [0.25, 0.3) is 10.8 Å². The highest BCUT2D eigenvalue weighted by atomic mass is 35.5. The zero-order valence-corrected chi connectivity index (χ0v) is 11.3. The van der Waals surface area contributed by atoms with Gasteiger partial charge in [0, 0.05) is 17.5 Å². The van der Waals surface area contributed by atoms with Gasteiger partial charge in [-0.2, -0.15) is 0 Å². The van der Waals surface area contributed by atoms with Crippen LogP contribution in [0.5, 0.6) is 5.75 Å². The van der Waals surface area contributed by atoms with E-state index in [1.54, 1.807) is 24.3 Å². The maximum absolute atomic E-state index is 12.1. The molecule has 0 unspecified atom stereocenters. The fourth-order valence-electron chi connectivity index (χ4n) is 1.69. The molecule has 0 saturated heterocycles. The van der Waals surface area contributed by atoms with Gasteiger partial charge in [0.05, 0.1) is 12.9 Å². The van der Waals surface area contributed by atoms with Gasteiger partial charge in [-0.25, -0.2) is 13.4 Å². The van der Waals surface area contributed by atoms with E-state index in [0.717, 1.165) is 5.39 Å². The lowest BCUT2D eigenvalue weighted by Gasteiger charge is -2.07. The number of methoxy groups -OCH3 is 1. The van der Waals surface area contributed by atoms with Crippen molar-refractivity contribution < 1.29 is 13.2 Å². The second-order valence-corrected chi connectivity index (χ2v) is 6.11. The molecule has 6 heteroatoms. The summed E-state index contributed by atoms with van der Waals surface area (Å²) in [6, 6.07) is 7.01. The minimum Gasteiger partial charge on any atom is -0.497 e. The molecule has 0 saturated carbocycles. The van der Waals surface area contributed by atoms with Gasteiger partial charge >= 0.3 is 0 Å². The SMILES string of the molecule is COc1ccc2ccnc(S(=O)(=O)CCCl)c2c1. The molecule has 2 rings (SSSR count). The summed E-state index contributed by atoms with van der Waals surface area (Å²) in [6.45, 7) is 0. The zero-order valence-electron chi connectivity index (χ0n) is 9.76. The monoisotopic (exact) mass is 285 g/mol. The Balaban J connectivity index is 2.71. The summed E-state index contributed by atoms with van der Waals surface area (Å²) < 4.78 is 29.2. The maximum Gasteiger partial charge on any atom is 0.197 e. The number of benzene rings is 1. The third-order valence-electron chi connectivity index (χ3n) is 2.58. The first-order valence-electron chi connectivity index (χ1n) is 5.30. The number of fused-ring (bicyclic) bond motifs is 1. The highest BCUT2D eigenvalue weighted by molar-refractivity contribution is 7.91. The first-order valence-corrected chi connectivity index (χ1v) is 7.48. The number of ether oxygens (including phenoxy) is 1. The largest absolute Gasteiger partial charge is 0.497 e. The zero-order chi connectivity index (χ0) is 13.2. The summed E-state index contributed by atoms with van der Waals surface area (Å²) in [5, 5.41) is 1.42. The predicted octanol–water partition coefficient (Wildman–Crippen LogP) is 2.26. The molecule has 0 aliphatic carbocycles. The smallest absolute Gasteiger partial charge is 0.197 e. The summed E-state index contributed by atoms with van der Waals surface area (Å²) in [6.07, 6.45) is 1.48. The minimum atomic E-state index is -3.46. The maximum atomic E-state index is 12.1. The van der Waals surface area contributed by atoms with Crippen molar-refractivity contribution in [1.29, 1.82) is 0 Å². The van der Waals surface area contributed by atoms with E-state index in [2.05, 4.69) is 4.98 Å². The molecule has 0 bridgehead atoms. The van der Waals surface area contributed by atoms with Crippen LogP contribution in [-0.4, -0.2) is 32.1 Å². The van der Waals surface area contributed by atoms with Crippen molar-refractivity contribution in [1.82, 2.24) is 4.98 Å². The summed E-state index contributed by atoms with van der Waals surface area (Å²) >= 11 is 5.51. The van der Waals surface area contributed by atoms with Gasteiger partial charge < -0.3 is 4.74 Å². The molecule has 0 amide bonds. The van der Waals surface area contributed by atoms with Crippen LogP contribution in [-0.2, 0) is 9.84 Å². The third kappa shape index (κ3) is 2.42. The molecular weight excluding hydrogens is 274 g/mol. The van der Waals surface area contributed by atoms with Gasteiger partial charge in [0.25, 0.3) is 0 Å². The van der Waals surface area contributed by atoms with Crippen molar-refractivity contribution in [3.63, 3.8) is 0 Å². The Morgan fingerprint density at radius 1 is 1.33 bits per heavy atom. The van der Waals surface area contributed by atoms with Crippen molar-refractivity contribution in [2.24, 2.45) is 0 Å². The fourth-order valence-corrected chi connectivity index (χ4v) is 3.43. The number of halogens is 1. The number of aromatic nitrogens is 1. The van der Waals surface area contributed by atoms with Crippen LogP contribution in [0.15, 0.2) is 35.5 Å². The van der Waals surface area contributed by atoms with Crippen LogP contribution in [0.3, 0.4) is 0 Å². The Morgan fingerprint density at radius 2 is 2.11 bits per heavy atom. The van der Waals surface area contributed by atoms with E-state index in [1.165, 1.54) is 13.3 Å². The lowest BCUT2D eigenvalue weighted by Crippen LogP contribution is -2.10. The number of alkyl halides is 1. The summed E-state index contributed by atoms with van der Waals surface area (Å²) in [7, 11) is -1.93. The molecular formula is C12H12ClNO3S. The van der Waals surface area contributed by atoms with Gasteiger partial charge in [-0.3, -0.25) is 0 Å². The van der Waals surface area contributed by atoms with E-state index in [4.69, 9.17) is 16.3 Å². The summed E-state index contributed by atoms with van der Waals surface area (Å²) in [5.74, 6) is 0.514. The molecule has 0 spiro atoms. The fraction of sp³-hybridized carbons (Fsp3) is 0.250. The van der Waals surface area contributed by atoms with E-state index in [0.29, 0.717) is 11.1 Å².